The molecule has 0 radical (unpaired) electrons. The number of aromatic nitrogens is 4. The normalized spacial score (nSPS) is 18.5. The molecule has 3 heterocycles. The van der Waals surface area contributed by atoms with Crippen molar-refractivity contribution in [1.82, 2.24) is 25.5 Å². The Kier molecular flexibility index (Phi) is 6.07. The van der Waals surface area contributed by atoms with E-state index in [0.29, 0.717) is 35.3 Å². The average Bonchev–Trinajstić information content (AvgIpc) is 3.22. The second-order valence-electron chi connectivity index (χ2n) is 8.18. The summed E-state index contributed by atoms with van der Waals surface area (Å²) < 4.78 is 61.8. The third kappa shape index (κ3) is 4.66. The first-order valence-electron chi connectivity index (χ1n) is 10.9. The predicted molar refractivity (Wildman–Crippen MR) is 126 cm³/mol. The molecule has 2 atom stereocenters. The number of piperidine rings is 1. The van der Waals surface area contributed by atoms with Crippen LogP contribution in [0.1, 0.15) is 12.1 Å². The summed E-state index contributed by atoms with van der Waals surface area (Å²) in [4.78, 5) is 8.56. The number of hydrogen-bond acceptors (Lipinski definition) is 7. The first kappa shape index (κ1) is 23.1. The molecular formula is C23H22F2N6O3S. The minimum atomic E-state index is -4.11. The minimum absolute atomic E-state index is 0.209. The molecular weight excluding hydrogens is 478 g/mol. The molecule has 2 aromatic carbocycles. The van der Waals surface area contributed by atoms with Crippen LogP contribution in [0.4, 0.5) is 14.5 Å². The fourth-order valence-electron chi connectivity index (χ4n) is 3.88. The fourth-order valence-corrected chi connectivity index (χ4v) is 5.02. The van der Waals surface area contributed by atoms with Crippen molar-refractivity contribution in [3.05, 3.63) is 60.0 Å². The Morgan fingerprint density at radius 1 is 1.11 bits per heavy atom. The first-order valence-corrected chi connectivity index (χ1v) is 12.4. The lowest BCUT2D eigenvalue weighted by molar-refractivity contribution is 0.0707. The van der Waals surface area contributed by atoms with Gasteiger partial charge in [-0.2, -0.15) is 10.1 Å². The quantitative estimate of drug-likeness (QED) is 0.371. The molecule has 182 valence electrons. The molecule has 0 spiro atoms. The summed E-state index contributed by atoms with van der Waals surface area (Å²) in [5.74, 6) is -0.327. The zero-order chi connectivity index (χ0) is 24.6. The number of benzene rings is 2. The molecule has 1 fully saturated rings. The molecule has 12 heteroatoms. The van der Waals surface area contributed by atoms with Gasteiger partial charge in [0.1, 0.15) is 28.4 Å². The Morgan fingerprint density at radius 2 is 1.89 bits per heavy atom. The molecule has 0 amide bonds. The number of rotatable bonds is 6. The smallest absolute Gasteiger partial charge is 0.264 e. The van der Waals surface area contributed by atoms with Gasteiger partial charge < -0.3 is 10.1 Å². The second-order valence-corrected chi connectivity index (χ2v) is 9.83. The zero-order valence-corrected chi connectivity index (χ0v) is 19.4. The molecule has 1 aliphatic rings. The number of alkyl halides is 1. The van der Waals surface area contributed by atoms with Gasteiger partial charge in [-0.15, -0.1) is 0 Å². The van der Waals surface area contributed by atoms with Crippen LogP contribution < -0.4 is 14.8 Å². The molecule has 5 rings (SSSR count). The van der Waals surface area contributed by atoms with Crippen LogP contribution in [0.2, 0.25) is 0 Å². The van der Waals surface area contributed by atoms with Crippen LogP contribution in [0.15, 0.2) is 53.4 Å². The van der Waals surface area contributed by atoms with Crippen molar-refractivity contribution in [3.63, 3.8) is 0 Å². The van der Waals surface area contributed by atoms with Crippen molar-refractivity contribution >= 4 is 26.7 Å². The number of anilines is 1. The van der Waals surface area contributed by atoms with Crippen LogP contribution in [0.5, 0.6) is 5.88 Å². The lowest BCUT2D eigenvalue weighted by Gasteiger charge is -2.27. The maximum atomic E-state index is 14.4. The Labute approximate surface area is 200 Å². The van der Waals surface area contributed by atoms with Gasteiger partial charge in [0, 0.05) is 23.5 Å². The monoisotopic (exact) mass is 500 g/mol. The number of ether oxygens (including phenoxy) is 1. The number of sulfonamides is 1. The van der Waals surface area contributed by atoms with Crippen molar-refractivity contribution in [1.29, 1.82) is 0 Å². The van der Waals surface area contributed by atoms with Crippen LogP contribution in [0.25, 0.3) is 22.4 Å². The van der Waals surface area contributed by atoms with E-state index in [1.165, 1.54) is 30.3 Å². The number of fused-ring (bicyclic) bond motifs is 1. The summed E-state index contributed by atoms with van der Waals surface area (Å²) in [6.07, 6.45) is -1.33. The van der Waals surface area contributed by atoms with E-state index in [2.05, 4.69) is 30.2 Å². The molecule has 1 aliphatic heterocycles. The SMILES string of the molecule is Cc1[nH]nc2nc(-c3ccc(NS(=O)(=O)c4ccccc4F)cc3)nc(OC3CCNCC3F)c12. The van der Waals surface area contributed by atoms with Gasteiger partial charge in [0.15, 0.2) is 11.5 Å². The lowest BCUT2D eigenvalue weighted by atomic mass is 10.1. The second kappa shape index (κ2) is 9.19. The lowest BCUT2D eigenvalue weighted by Crippen LogP contribution is -2.44. The molecule has 2 aromatic heterocycles. The molecule has 0 saturated carbocycles. The summed E-state index contributed by atoms with van der Waals surface area (Å²) in [7, 11) is -4.11. The zero-order valence-electron chi connectivity index (χ0n) is 18.6. The van der Waals surface area contributed by atoms with Crippen molar-refractivity contribution in [2.24, 2.45) is 0 Å². The highest BCUT2D eigenvalue weighted by atomic mass is 32.2. The molecule has 35 heavy (non-hydrogen) atoms. The van der Waals surface area contributed by atoms with Crippen LogP contribution in [-0.2, 0) is 10.0 Å². The van der Waals surface area contributed by atoms with Crippen molar-refractivity contribution < 1.29 is 21.9 Å². The number of aromatic amines is 1. The Hall–Kier alpha value is -3.64. The van der Waals surface area contributed by atoms with E-state index in [-0.39, 0.29) is 23.9 Å². The van der Waals surface area contributed by atoms with E-state index >= 15 is 0 Å². The molecule has 9 nitrogen and oxygen atoms in total. The maximum absolute atomic E-state index is 14.4. The maximum Gasteiger partial charge on any atom is 0.264 e. The molecule has 0 aliphatic carbocycles. The summed E-state index contributed by atoms with van der Waals surface area (Å²) >= 11 is 0. The average molecular weight is 501 g/mol. The van der Waals surface area contributed by atoms with E-state index < -0.39 is 33.0 Å². The largest absolute Gasteiger partial charge is 0.471 e. The summed E-state index contributed by atoms with van der Waals surface area (Å²) in [6.45, 7) is 2.65. The van der Waals surface area contributed by atoms with Gasteiger partial charge in [0.05, 0.1) is 0 Å². The number of hydrogen-bond donors (Lipinski definition) is 3. The Bertz CT molecular complexity index is 1480. The highest BCUT2D eigenvalue weighted by Gasteiger charge is 2.28. The van der Waals surface area contributed by atoms with Gasteiger partial charge in [-0.1, -0.05) is 12.1 Å². The number of H-pyrrole nitrogens is 1. The topological polar surface area (TPSA) is 122 Å². The fraction of sp³-hybridized carbons (Fsp3) is 0.261. The van der Waals surface area contributed by atoms with Crippen LogP contribution in [0, 0.1) is 12.7 Å². The molecule has 4 aromatic rings. The molecule has 2 unspecified atom stereocenters. The van der Waals surface area contributed by atoms with E-state index in [0.717, 1.165) is 6.07 Å². The Balaban J connectivity index is 1.44. The third-order valence-electron chi connectivity index (χ3n) is 5.69. The number of aryl methyl sites for hydroxylation is 1. The van der Waals surface area contributed by atoms with Crippen LogP contribution >= 0.6 is 0 Å². The van der Waals surface area contributed by atoms with Gasteiger partial charge in [0.25, 0.3) is 10.0 Å². The summed E-state index contributed by atoms with van der Waals surface area (Å²) in [5, 5.41) is 10.6. The van der Waals surface area contributed by atoms with Gasteiger partial charge in [0.2, 0.25) is 5.88 Å². The van der Waals surface area contributed by atoms with Crippen molar-refractivity contribution in [2.75, 3.05) is 17.8 Å². The summed E-state index contributed by atoms with van der Waals surface area (Å²) in [5.41, 5.74) is 1.87. The predicted octanol–water partition coefficient (Wildman–Crippen LogP) is 3.35. The van der Waals surface area contributed by atoms with Crippen molar-refractivity contribution in [2.45, 2.75) is 30.5 Å². The van der Waals surface area contributed by atoms with E-state index in [9.17, 15) is 17.2 Å². The van der Waals surface area contributed by atoms with E-state index in [1.54, 1.807) is 19.1 Å². The van der Waals surface area contributed by atoms with Gasteiger partial charge in [-0.25, -0.2) is 22.2 Å². The van der Waals surface area contributed by atoms with Crippen molar-refractivity contribution in [3.8, 4) is 17.3 Å². The first-order chi connectivity index (χ1) is 16.8. The molecule has 3 N–H and O–H groups in total. The Morgan fingerprint density at radius 3 is 2.63 bits per heavy atom. The van der Waals surface area contributed by atoms with Gasteiger partial charge in [-0.3, -0.25) is 9.82 Å². The standard InChI is InChI=1S/C23H22F2N6O3S/c1-13-20-22(30-29-13)27-21(28-23(20)34-18-10-11-26-12-17(18)25)14-6-8-15(9-7-14)31-35(32,33)19-5-3-2-4-16(19)24/h2-9,17-18,26,31H,10-12H2,1H3,(H,27,28,29,30). The van der Waals surface area contributed by atoms with E-state index in [4.69, 9.17) is 4.74 Å². The van der Waals surface area contributed by atoms with Gasteiger partial charge >= 0.3 is 0 Å². The highest BCUT2D eigenvalue weighted by Crippen LogP contribution is 2.30. The summed E-state index contributed by atoms with van der Waals surface area (Å²) in [6, 6.07) is 11.4. The number of nitrogens with zero attached hydrogens (tertiary/aromatic N) is 3. The third-order valence-corrected chi connectivity index (χ3v) is 7.11. The van der Waals surface area contributed by atoms with Crippen LogP contribution in [-0.4, -0.2) is 53.9 Å². The minimum Gasteiger partial charge on any atom is -0.471 e. The molecule has 1 saturated heterocycles. The highest BCUT2D eigenvalue weighted by molar-refractivity contribution is 7.92. The molecule has 0 bridgehead atoms. The van der Waals surface area contributed by atoms with Gasteiger partial charge in [-0.05, 0) is 56.3 Å². The van der Waals surface area contributed by atoms with E-state index in [1.807, 2.05) is 0 Å². The number of halogens is 2. The van der Waals surface area contributed by atoms with Crippen LogP contribution in [0.3, 0.4) is 0 Å². The number of nitrogens with one attached hydrogen (secondary N) is 3.